The number of ketones is 1. The van der Waals surface area contributed by atoms with E-state index in [1.807, 2.05) is 13.0 Å². The highest BCUT2D eigenvalue weighted by Gasteiger charge is 2.19. The number of rotatable bonds is 7. The van der Waals surface area contributed by atoms with Gasteiger partial charge in [-0.15, -0.1) is 0 Å². The summed E-state index contributed by atoms with van der Waals surface area (Å²) in [4.78, 5) is 12.9. The smallest absolute Gasteiger partial charge is 0.232 e. The Labute approximate surface area is 180 Å². The average molecular weight is 449 g/mol. The lowest BCUT2D eigenvalue weighted by Crippen LogP contribution is -2.15. The summed E-state index contributed by atoms with van der Waals surface area (Å²) in [6.45, 7) is 3.35. The van der Waals surface area contributed by atoms with Gasteiger partial charge in [0.25, 0.3) is 0 Å². The number of aromatic nitrogens is 1. The van der Waals surface area contributed by atoms with E-state index < -0.39 is 15.8 Å². The average Bonchev–Trinajstić information content (AvgIpc) is 2.97. The number of aryl methyl sites for hydroxylation is 1. The quantitative estimate of drug-likeness (QED) is 0.532. The first kappa shape index (κ1) is 22.1. The maximum Gasteiger partial charge on any atom is 0.232 e. The van der Waals surface area contributed by atoms with Crippen LogP contribution in [0.4, 0.5) is 10.1 Å². The van der Waals surface area contributed by atoms with Gasteiger partial charge in [-0.25, -0.2) is 12.8 Å². The van der Waals surface area contributed by atoms with Crippen LogP contribution in [-0.2, 0) is 23.5 Å². The second-order valence-corrected chi connectivity index (χ2v) is 9.50. The van der Waals surface area contributed by atoms with Crippen LogP contribution < -0.4 is 4.72 Å². The Kier molecular flexibility index (Phi) is 6.33. The molecular formula is C22H22ClFN2O3S. The molecule has 1 N–H and O–H groups in total. The number of hydrogen-bond donors (Lipinski definition) is 1. The number of benzene rings is 2. The Hall–Kier alpha value is -2.64. The molecule has 1 heterocycles. The molecule has 0 aliphatic heterocycles. The molecule has 0 amide bonds. The van der Waals surface area contributed by atoms with Gasteiger partial charge >= 0.3 is 0 Å². The molecule has 30 heavy (non-hydrogen) atoms. The fraction of sp³-hybridized carbons (Fsp3) is 0.227. The topological polar surface area (TPSA) is 68.2 Å². The second kappa shape index (κ2) is 8.62. The van der Waals surface area contributed by atoms with Crippen molar-refractivity contribution in [3.8, 4) is 0 Å². The fourth-order valence-electron chi connectivity index (χ4n) is 3.26. The van der Waals surface area contributed by atoms with Crippen LogP contribution in [0.1, 0.15) is 39.8 Å². The maximum atomic E-state index is 14.6. The van der Waals surface area contributed by atoms with Crippen molar-refractivity contribution in [1.82, 2.24) is 4.57 Å². The summed E-state index contributed by atoms with van der Waals surface area (Å²) < 4.78 is 42.0. The lowest BCUT2D eigenvalue weighted by atomic mass is 10.1. The molecule has 0 spiro atoms. The highest BCUT2D eigenvalue weighted by atomic mass is 35.5. The van der Waals surface area contributed by atoms with Crippen molar-refractivity contribution in [2.45, 2.75) is 20.3 Å². The third-order valence-electron chi connectivity index (χ3n) is 4.92. The van der Waals surface area contributed by atoms with Crippen LogP contribution >= 0.6 is 11.6 Å². The number of carbonyl (C=O) groups is 1. The van der Waals surface area contributed by atoms with Crippen molar-refractivity contribution in [3.05, 3.63) is 87.4 Å². The van der Waals surface area contributed by atoms with Gasteiger partial charge in [0.1, 0.15) is 5.82 Å². The van der Waals surface area contributed by atoms with Gasteiger partial charge in [0, 0.05) is 29.7 Å². The van der Waals surface area contributed by atoms with Gasteiger partial charge < -0.3 is 4.57 Å². The van der Waals surface area contributed by atoms with Gasteiger partial charge in [-0.05, 0) is 67.4 Å². The SMILES string of the molecule is CCS(=O)(=O)Nc1ccc(Cc2cc(C)c(C(=O)c3ccc(Cl)cc3)n2C)c(F)c1. The summed E-state index contributed by atoms with van der Waals surface area (Å²) >= 11 is 5.90. The lowest BCUT2D eigenvalue weighted by molar-refractivity contribution is 0.103. The van der Waals surface area contributed by atoms with Crippen LogP contribution in [0.2, 0.25) is 5.02 Å². The zero-order valence-corrected chi connectivity index (χ0v) is 18.4. The highest BCUT2D eigenvalue weighted by molar-refractivity contribution is 7.92. The van der Waals surface area contributed by atoms with E-state index in [-0.39, 0.29) is 23.6 Å². The summed E-state index contributed by atoms with van der Waals surface area (Å²) in [5.41, 5.74) is 3.19. The summed E-state index contributed by atoms with van der Waals surface area (Å²) in [7, 11) is -1.70. The molecule has 0 saturated heterocycles. The van der Waals surface area contributed by atoms with Crippen LogP contribution in [0.3, 0.4) is 0 Å². The van der Waals surface area contributed by atoms with Crippen molar-refractivity contribution in [1.29, 1.82) is 0 Å². The van der Waals surface area contributed by atoms with Gasteiger partial charge in [0.15, 0.2) is 0 Å². The van der Waals surface area contributed by atoms with Crippen molar-refractivity contribution >= 4 is 33.1 Å². The standard InChI is InChI=1S/C22H22ClFN2O3S/c1-4-30(28,29)25-18-10-7-16(20(24)13-18)12-19-11-14(2)21(26(19)3)22(27)15-5-8-17(23)9-6-15/h5-11,13,25H,4,12H2,1-3H3. The summed E-state index contributed by atoms with van der Waals surface area (Å²) in [6.07, 6.45) is 0.262. The summed E-state index contributed by atoms with van der Waals surface area (Å²) in [5, 5.41) is 0.552. The fourth-order valence-corrected chi connectivity index (χ4v) is 4.02. The first-order valence-corrected chi connectivity index (χ1v) is 11.4. The monoisotopic (exact) mass is 448 g/mol. The van der Waals surface area contributed by atoms with Crippen molar-refractivity contribution < 1.29 is 17.6 Å². The number of carbonyl (C=O) groups excluding carboxylic acids is 1. The van der Waals surface area contributed by atoms with Gasteiger partial charge in [0.05, 0.1) is 17.1 Å². The predicted molar refractivity (Wildman–Crippen MR) is 117 cm³/mol. The predicted octanol–water partition coefficient (Wildman–Crippen LogP) is 4.71. The molecule has 0 unspecified atom stereocenters. The van der Waals surface area contributed by atoms with E-state index in [9.17, 15) is 17.6 Å². The molecule has 0 aliphatic rings. The molecule has 1 aromatic heterocycles. The molecule has 2 aromatic carbocycles. The number of anilines is 1. The Morgan fingerprint density at radius 2 is 1.80 bits per heavy atom. The van der Waals surface area contributed by atoms with E-state index in [4.69, 9.17) is 11.6 Å². The number of hydrogen-bond acceptors (Lipinski definition) is 3. The Morgan fingerprint density at radius 3 is 2.40 bits per heavy atom. The number of nitrogens with zero attached hydrogens (tertiary/aromatic N) is 1. The van der Waals surface area contributed by atoms with E-state index in [0.717, 1.165) is 17.3 Å². The van der Waals surface area contributed by atoms with E-state index >= 15 is 0 Å². The van der Waals surface area contributed by atoms with Crippen LogP contribution in [0, 0.1) is 12.7 Å². The first-order chi connectivity index (χ1) is 14.1. The minimum atomic E-state index is -3.48. The third kappa shape index (κ3) is 4.74. The Morgan fingerprint density at radius 1 is 1.13 bits per heavy atom. The molecule has 3 aromatic rings. The van der Waals surface area contributed by atoms with Crippen molar-refractivity contribution in [2.24, 2.45) is 7.05 Å². The summed E-state index contributed by atoms with van der Waals surface area (Å²) in [6, 6.07) is 12.8. The molecule has 0 radical (unpaired) electrons. The number of sulfonamides is 1. The van der Waals surface area contributed by atoms with Gasteiger partial charge in [0.2, 0.25) is 15.8 Å². The van der Waals surface area contributed by atoms with Crippen LogP contribution in [-0.4, -0.2) is 24.5 Å². The highest BCUT2D eigenvalue weighted by Crippen LogP contribution is 2.24. The van der Waals surface area contributed by atoms with Crippen LogP contribution in [0.15, 0.2) is 48.5 Å². The van der Waals surface area contributed by atoms with Gasteiger partial charge in [-0.2, -0.15) is 0 Å². The van der Waals surface area contributed by atoms with Gasteiger partial charge in [-0.1, -0.05) is 17.7 Å². The van der Waals surface area contributed by atoms with Crippen LogP contribution in [0.25, 0.3) is 0 Å². The molecule has 0 fully saturated rings. The molecule has 8 heteroatoms. The molecule has 0 bridgehead atoms. The minimum Gasteiger partial charge on any atom is -0.344 e. The van der Waals surface area contributed by atoms with E-state index in [1.54, 1.807) is 41.9 Å². The minimum absolute atomic E-state index is 0.0938. The molecule has 0 aliphatic carbocycles. The maximum absolute atomic E-state index is 14.6. The molecule has 0 atom stereocenters. The normalized spacial score (nSPS) is 11.5. The largest absolute Gasteiger partial charge is 0.344 e. The van der Waals surface area contributed by atoms with E-state index in [2.05, 4.69) is 4.72 Å². The van der Waals surface area contributed by atoms with E-state index in [1.165, 1.54) is 13.0 Å². The molecule has 158 valence electrons. The van der Waals surface area contributed by atoms with Gasteiger partial charge in [-0.3, -0.25) is 9.52 Å². The second-order valence-electron chi connectivity index (χ2n) is 7.05. The molecular weight excluding hydrogens is 427 g/mol. The zero-order valence-electron chi connectivity index (χ0n) is 16.9. The first-order valence-electron chi connectivity index (χ1n) is 9.35. The van der Waals surface area contributed by atoms with Crippen molar-refractivity contribution in [2.75, 3.05) is 10.5 Å². The third-order valence-corrected chi connectivity index (χ3v) is 6.48. The molecule has 5 nitrogen and oxygen atoms in total. The zero-order chi connectivity index (χ0) is 22.1. The molecule has 3 rings (SSSR count). The van der Waals surface area contributed by atoms with Crippen LogP contribution in [0.5, 0.6) is 0 Å². The lowest BCUT2D eigenvalue weighted by Gasteiger charge is -2.11. The number of halogens is 2. The Bertz CT molecular complexity index is 1200. The van der Waals surface area contributed by atoms with Crippen molar-refractivity contribution in [3.63, 3.8) is 0 Å². The molecule has 0 saturated carbocycles. The summed E-state index contributed by atoms with van der Waals surface area (Å²) in [5.74, 6) is -0.748. The van der Waals surface area contributed by atoms with E-state index in [0.29, 0.717) is 21.8 Å². The number of nitrogens with one attached hydrogen (secondary N) is 1. The Balaban J connectivity index is 1.87.